The van der Waals surface area contributed by atoms with Gasteiger partial charge in [-0.15, -0.1) is 10.2 Å². The molecule has 2 aromatic carbocycles. The van der Waals surface area contributed by atoms with Gasteiger partial charge in [-0.2, -0.15) is 0 Å². The fourth-order valence-corrected chi connectivity index (χ4v) is 4.36. The lowest BCUT2D eigenvalue weighted by Crippen LogP contribution is -2.37. The van der Waals surface area contributed by atoms with Crippen molar-refractivity contribution in [1.29, 1.82) is 0 Å². The molecular weight excluding hydrogens is 466 g/mol. The molecule has 10 nitrogen and oxygen atoms in total. The van der Waals surface area contributed by atoms with E-state index >= 15 is 0 Å². The van der Waals surface area contributed by atoms with Crippen molar-refractivity contribution in [3.8, 4) is 0 Å². The number of nitrogens with two attached hydrogens (primary N) is 1. The van der Waals surface area contributed by atoms with E-state index in [1.807, 2.05) is 54.6 Å². The van der Waals surface area contributed by atoms with Gasteiger partial charge in [0.2, 0.25) is 5.01 Å². The van der Waals surface area contributed by atoms with E-state index in [0.29, 0.717) is 10.7 Å². The molecule has 0 radical (unpaired) electrons. The molecule has 1 amide bonds. The molecule has 180 valence electrons. The molecule has 2 aromatic heterocycles. The van der Waals surface area contributed by atoms with Gasteiger partial charge in [0.15, 0.2) is 0 Å². The van der Waals surface area contributed by atoms with Crippen LogP contribution in [0.3, 0.4) is 0 Å². The van der Waals surface area contributed by atoms with E-state index in [4.69, 9.17) is 5.73 Å². The van der Waals surface area contributed by atoms with Gasteiger partial charge in [-0.25, -0.2) is 4.79 Å². The van der Waals surface area contributed by atoms with Gasteiger partial charge < -0.3 is 16.0 Å². The first-order valence-electron chi connectivity index (χ1n) is 11.0. The number of nitrogens with one attached hydrogen (secondary N) is 2. The molecule has 0 spiro atoms. The second-order valence-electron chi connectivity index (χ2n) is 7.93. The van der Waals surface area contributed by atoms with Crippen molar-refractivity contribution in [3.05, 3.63) is 96.6 Å². The number of aryl methyl sites for hydroxylation is 1. The lowest BCUT2D eigenvalue weighted by molar-refractivity contribution is 0.102. The predicted molar refractivity (Wildman–Crippen MR) is 137 cm³/mol. The minimum Gasteiger partial charge on any atom is -0.383 e. The van der Waals surface area contributed by atoms with Crippen LogP contribution in [0, 0.1) is 0 Å². The van der Waals surface area contributed by atoms with Gasteiger partial charge in [0.05, 0.1) is 13.1 Å². The summed E-state index contributed by atoms with van der Waals surface area (Å²) in [5.41, 5.74) is 7.91. The topological polar surface area (TPSA) is 139 Å². The van der Waals surface area contributed by atoms with Crippen LogP contribution in [0.15, 0.2) is 64.2 Å². The number of aromatic nitrogens is 4. The third kappa shape index (κ3) is 5.46. The summed E-state index contributed by atoms with van der Waals surface area (Å²) in [5.74, 6) is -0.322. The number of anilines is 3. The third-order valence-electron chi connectivity index (χ3n) is 5.43. The van der Waals surface area contributed by atoms with Crippen LogP contribution in [0.2, 0.25) is 0 Å². The highest BCUT2D eigenvalue weighted by Gasteiger charge is 2.19. The van der Waals surface area contributed by atoms with E-state index in [9.17, 15) is 14.4 Å². The zero-order chi connectivity index (χ0) is 24.9. The van der Waals surface area contributed by atoms with Crippen LogP contribution in [0.5, 0.6) is 0 Å². The van der Waals surface area contributed by atoms with Crippen molar-refractivity contribution in [2.24, 2.45) is 0 Å². The first kappa shape index (κ1) is 23.9. The second kappa shape index (κ2) is 10.3. The van der Waals surface area contributed by atoms with E-state index in [1.165, 1.54) is 10.1 Å². The van der Waals surface area contributed by atoms with Crippen LogP contribution >= 0.6 is 11.3 Å². The van der Waals surface area contributed by atoms with E-state index in [-0.39, 0.29) is 35.5 Å². The highest BCUT2D eigenvalue weighted by Crippen LogP contribution is 2.21. The number of benzene rings is 2. The number of amides is 1. The van der Waals surface area contributed by atoms with E-state index < -0.39 is 11.2 Å². The Bertz CT molecular complexity index is 1440. The minimum atomic E-state index is -0.600. The van der Waals surface area contributed by atoms with Crippen LogP contribution in [-0.4, -0.2) is 32.7 Å². The summed E-state index contributed by atoms with van der Waals surface area (Å²) in [5, 5.41) is 11.6. The van der Waals surface area contributed by atoms with Gasteiger partial charge in [-0.05, 0) is 29.7 Å². The Hall–Kier alpha value is -4.25. The lowest BCUT2D eigenvalue weighted by atomic mass is 10.1. The molecule has 4 N–H and O–H groups in total. The van der Waals surface area contributed by atoms with Crippen molar-refractivity contribution in [1.82, 2.24) is 19.7 Å². The van der Waals surface area contributed by atoms with Gasteiger partial charge in [0.25, 0.3) is 11.5 Å². The second-order valence-corrected chi connectivity index (χ2v) is 8.99. The molecule has 0 bridgehead atoms. The summed E-state index contributed by atoms with van der Waals surface area (Å²) in [6, 6.07) is 16.9. The molecule has 0 unspecified atom stereocenters. The van der Waals surface area contributed by atoms with Gasteiger partial charge in [-0.3, -0.25) is 19.1 Å². The zero-order valence-electron chi connectivity index (χ0n) is 19.3. The van der Waals surface area contributed by atoms with Crippen LogP contribution in [0.25, 0.3) is 0 Å². The summed E-state index contributed by atoms with van der Waals surface area (Å²) < 4.78 is 1.31. The molecule has 0 saturated heterocycles. The molecule has 0 fully saturated rings. The van der Waals surface area contributed by atoms with Crippen molar-refractivity contribution < 1.29 is 4.79 Å². The molecule has 0 atom stereocenters. The highest BCUT2D eigenvalue weighted by molar-refractivity contribution is 7.13. The maximum absolute atomic E-state index is 12.6. The Kier molecular flexibility index (Phi) is 7.06. The van der Waals surface area contributed by atoms with Crippen LogP contribution in [0.4, 0.5) is 17.2 Å². The molecule has 2 heterocycles. The maximum atomic E-state index is 12.6. The summed E-state index contributed by atoms with van der Waals surface area (Å²) in [6.45, 7) is 2.45. The first-order chi connectivity index (χ1) is 16.9. The normalized spacial score (nSPS) is 10.8. The predicted octanol–water partition coefficient (Wildman–Crippen LogP) is 2.47. The Morgan fingerprint density at radius 2 is 1.80 bits per heavy atom. The molecular formula is C24H25N7O3S. The first-order valence-corrected chi connectivity index (χ1v) is 11.8. The van der Waals surface area contributed by atoms with Crippen LogP contribution in [-0.2, 0) is 19.5 Å². The fraction of sp³-hybridized carbons (Fsp3) is 0.208. The summed E-state index contributed by atoms with van der Waals surface area (Å²) in [6.07, 6.45) is 0.915. The van der Waals surface area contributed by atoms with Crippen molar-refractivity contribution in [3.63, 3.8) is 0 Å². The average Bonchev–Trinajstić information content (AvgIpc) is 3.31. The average molecular weight is 492 g/mol. The SMILES string of the molecule is CCc1ccc(NC(=O)c2nnc(CN(C)c3c(N)n(Cc4ccccc4)c(=O)[nH]c3=O)s2)cc1. The Balaban J connectivity index is 1.50. The molecule has 4 aromatic rings. The quantitative estimate of drug-likeness (QED) is 0.344. The van der Waals surface area contributed by atoms with Crippen molar-refractivity contribution in [2.75, 3.05) is 23.0 Å². The maximum Gasteiger partial charge on any atom is 0.330 e. The number of carbonyl (C=O) groups excluding carboxylic acids is 1. The number of hydrogen-bond donors (Lipinski definition) is 3. The smallest absolute Gasteiger partial charge is 0.330 e. The lowest BCUT2D eigenvalue weighted by Gasteiger charge is -2.20. The largest absolute Gasteiger partial charge is 0.383 e. The van der Waals surface area contributed by atoms with Gasteiger partial charge in [-0.1, -0.05) is 60.7 Å². The van der Waals surface area contributed by atoms with Crippen LogP contribution in [0.1, 0.15) is 32.9 Å². The number of carbonyl (C=O) groups is 1. The Morgan fingerprint density at radius 1 is 1.09 bits per heavy atom. The zero-order valence-corrected chi connectivity index (χ0v) is 20.1. The van der Waals surface area contributed by atoms with E-state index in [0.717, 1.165) is 23.3 Å². The Labute approximate surface area is 205 Å². The molecule has 0 aliphatic rings. The number of hydrogen-bond acceptors (Lipinski definition) is 8. The van der Waals surface area contributed by atoms with E-state index in [1.54, 1.807) is 11.9 Å². The molecule has 35 heavy (non-hydrogen) atoms. The summed E-state index contributed by atoms with van der Waals surface area (Å²) >= 11 is 1.12. The van der Waals surface area contributed by atoms with Gasteiger partial charge in [0.1, 0.15) is 16.5 Å². The molecule has 4 rings (SSSR count). The van der Waals surface area contributed by atoms with Crippen molar-refractivity contribution in [2.45, 2.75) is 26.4 Å². The number of H-pyrrole nitrogens is 1. The number of nitrogens with zero attached hydrogens (tertiary/aromatic N) is 4. The summed E-state index contributed by atoms with van der Waals surface area (Å²) in [7, 11) is 1.66. The van der Waals surface area contributed by atoms with Gasteiger partial charge in [0, 0.05) is 12.7 Å². The molecule has 0 aliphatic heterocycles. The minimum absolute atomic E-state index is 0.0445. The molecule has 0 saturated carbocycles. The van der Waals surface area contributed by atoms with E-state index in [2.05, 4.69) is 27.4 Å². The van der Waals surface area contributed by atoms with Gasteiger partial charge >= 0.3 is 5.69 Å². The van der Waals surface area contributed by atoms with Crippen molar-refractivity contribution >= 4 is 34.4 Å². The monoisotopic (exact) mass is 491 g/mol. The van der Waals surface area contributed by atoms with Crippen LogP contribution < -0.4 is 27.2 Å². The number of nitrogen functional groups attached to an aromatic ring is 1. The standard InChI is InChI=1S/C24H25N7O3S/c1-3-15-9-11-17(12-10-15)26-22(33)23-29-28-18(35-23)14-30(2)19-20(25)31(24(34)27-21(19)32)13-16-7-5-4-6-8-16/h4-12H,3,13-14,25H2,1-2H3,(H,26,33)(H,27,32,34). The fourth-order valence-electron chi connectivity index (χ4n) is 3.57. The molecule has 0 aliphatic carbocycles. The highest BCUT2D eigenvalue weighted by atomic mass is 32.1. The number of aromatic amines is 1. The Morgan fingerprint density at radius 3 is 2.49 bits per heavy atom. The molecule has 11 heteroatoms. The summed E-state index contributed by atoms with van der Waals surface area (Å²) in [4.78, 5) is 41.5. The third-order valence-corrected chi connectivity index (χ3v) is 6.34. The number of rotatable bonds is 8.